The highest BCUT2D eigenvalue weighted by molar-refractivity contribution is 5.81. The van der Waals surface area contributed by atoms with Gasteiger partial charge in [0.2, 0.25) is 0 Å². The summed E-state index contributed by atoms with van der Waals surface area (Å²) in [7, 11) is 0. The van der Waals surface area contributed by atoms with E-state index >= 15 is 0 Å². The van der Waals surface area contributed by atoms with Gasteiger partial charge in [0.25, 0.3) is 0 Å². The third-order valence-corrected chi connectivity index (χ3v) is 2.66. The first-order chi connectivity index (χ1) is 6.72. The Labute approximate surface area is 83.7 Å². The molecule has 0 unspecified atom stereocenters. The van der Waals surface area contributed by atoms with Crippen LogP contribution in [0.2, 0.25) is 0 Å². The van der Waals surface area contributed by atoms with E-state index in [0.29, 0.717) is 0 Å². The Hall–Kier alpha value is -1.75. The molecular formula is C12H12N2. The highest BCUT2D eigenvalue weighted by Gasteiger charge is 2.13. The molecule has 0 heterocycles. The number of nitriles is 1. The molecule has 0 radical (unpaired) electrons. The first-order valence-electron chi connectivity index (χ1n) is 4.72. The van der Waals surface area contributed by atoms with E-state index in [9.17, 15) is 0 Å². The van der Waals surface area contributed by atoms with Crippen molar-refractivity contribution in [2.24, 2.45) is 0 Å². The molecule has 0 fully saturated rings. The van der Waals surface area contributed by atoms with E-state index in [1.54, 1.807) is 0 Å². The van der Waals surface area contributed by atoms with Crippen LogP contribution in [0.1, 0.15) is 23.1 Å². The minimum atomic E-state index is 0.786. The standard InChI is InChI=1S/C12H12N2/c1-8-5-11-9(6-12(8)14)3-2-4-10(11)7-13/h4-6H,2-3,14H2,1H3. The molecular weight excluding hydrogens is 172 g/mol. The van der Waals surface area contributed by atoms with E-state index in [1.165, 1.54) is 5.56 Å². The first-order valence-corrected chi connectivity index (χ1v) is 4.72. The molecule has 0 spiro atoms. The Morgan fingerprint density at radius 2 is 2.21 bits per heavy atom. The number of anilines is 1. The molecule has 0 amide bonds. The molecule has 2 N–H and O–H groups in total. The maximum Gasteiger partial charge on any atom is 0.0994 e. The highest BCUT2D eigenvalue weighted by Crippen LogP contribution is 2.29. The van der Waals surface area contributed by atoms with E-state index in [4.69, 9.17) is 11.0 Å². The summed E-state index contributed by atoms with van der Waals surface area (Å²) in [6.07, 6.45) is 3.93. The van der Waals surface area contributed by atoms with Gasteiger partial charge >= 0.3 is 0 Å². The topological polar surface area (TPSA) is 49.8 Å². The lowest BCUT2D eigenvalue weighted by atomic mass is 9.89. The predicted octanol–water partition coefficient (Wildman–Crippen LogP) is 2.43. The number of hydrogen-bond donors (Lipinski definition) is 1. The Balaban J connectivity index is 2.63. The second-order valence-corrected chi connectivity index (χ2v) is 3.63. The quantitative estimate of drug-likeness (QED) is 0.629. The summed E-state index contributed by atoms with van der Waals surface area (Å²) in [4.78, 5) is 0. The summed E-state index contributed by atoms with van der Waals surface area (Å²) in [5, 5.41) is 8.95. The van der Waals surface area contributed by atoms with Gasteiger partial charge in [-0.1, -0.05) is 6.08 Å². The minimum absolute atomic E-state index is 0.786. The average Bonchev–Trinajstić information content (AvgIpc) is 2.19. The normalized spacial score (nSPS) is 14.1. The summed E-state index contributed by atoms with van der Waals surface area (Å²) in [5.41, 5.74) is 10.7. The smallest absolute Gasteiger partial charge is 0.0994 e. The zero-order chi connectivity index (χ0) is 10.1. The number of rotatable bonds is 0. The van der Waals surface area contributed by atoms with Gasteiger partial charge in [0.05, 0.1) is 11.6 Å². The molecule has 0 saturated heterocycles. The van der Waals surface area contributed by atoms with Crippen molar-refractivity contribution in [1.29, 1.82) is 5.26 Å². The molecule has 0 aliphatic heterocycles. The largest absolute Gasteiger partial charge is 0.399 e. The maximum atomic E-state index is 8.95. The van der Waals surface area contributed by atoms with E-state index < -0.39 is 0 Å². The molecule has 0 saturated carbocycles. The van der Waals surface area contributed by atoms with Gasteiger partial charge in [-0.15, -0.1) is 0 Å². The molecule has 14 heavy (non-hydrogen) atoms. The summed E-state index contributed by atoms with van der Waals surface area (Å²) >= 11 is 0. The second kappa shape index (κ2) is 3.19. The molecule has 0 bridgehead atoms. The van der Waals surface area contributed by atoms with Gasteiger partial charge in [0, 0.05) is 5.69 Å². The molecule has 70 valence electrons. The first kappa shape index (κ1) is 8.83. The predicted molar refractivity (Wildman–Crippen MR) is 57.5 cm³/mol. The van der Waals surface area contributed by atoms with Crippen LogP contribution in [0, 0.1) is 18.3 Å². The number of nitrogens with zero attached hydrogens (tertiary/aromatic N) is 1. The van der Waals surface area contributed by atoms with Gasteiger partial charge in [-0.05, 0) is 48.6 Å². The van der Waals surface area contributed by atoms with Gasteiger partial charge < -0.3 is 5.73 Å². The molecule has 2 nitrogen and oxygen atoms in total. The van der Waals surface area contributed by atoms with Crippen LogP contribution in [0.25, 0.3) is 5.57 Å². The fourth-order valence-electron chi connectivity index (χ4n) is 1.82. The zero-order valence-corrected chi connectivity index (χ0v) is 8.17. The van der Waals surface area contributed by atoms with Crippen molar-refractivity contribution in [1.82, 2.24) is 0 Å². The van der Waals surface area contributed by atoms with Gasteiger partial charge in [-0.25, -0.2) is 0 Å². The number of nitrogen functional groups attached to an aromatic ring is 1. The second-order valence-electron chi connectivity index (χ2n) is 3.63. The lowest BCUT2D eigenvalue weighted by molar-refractivity contribution is 0.979. The Bertz CT molecular complexity index is 450. The van der Waals surface area contributed by atoms with Crippen LogP contribution in [-0.4, -0.2) is 0 Å². The molecule has 2 rings (SSSR count). The molecule has 0 aromatic heterocycles. The third-order valence-electron chi connectivity index (χ3n) is 2.66. The van der Waals surface area contributed by atoms with Crippen LogP contribution in [0.15, 0.2) is 18.2 Å². The molecule has 1 aliphatic carbocycles. The number of aryl methyl sites for hydroxylation is 2. The van der Waals surface area contributed by atoms with Gasteiger partial charge in [0.1, 0.15) is 0 Å². The van der Waals surface area contributed by atoms with E-state index in [1.807, 2.05) is 25.1 Å². The van der Waals surface area contributed by atoms with E-state index in [-0.39, 0.29) is 0 Å². The van der Waals surface area contributed by atoms with E-state index in [2.05, 4.69) is 6.07 Å². The third kappa shape index (κ3) is 1.27. The van der Waals surface area contributed by atoms with Crippen LogP contribution in [0.5, 0.6) is 0 Å². The van der Waals surface area contributed by atoms with Crippen molar-refractivity contribution in [2.75, 3.05) is 5.73 Å². The SMILES string of the molecule is Cc1cc2c(cc1N)CCC=C2C#N. The zero-order valence-electron chi connectivity index (χ0n) is 8.17. The van der Waals surface area contributed by atoms with Crippen LogP contribution in [0.4, 0.5) is 5.69 Å². The summed E-state index contributed by atoms with van der Waals surface area (Å²) < 4.78 is 0. The number of benzene rings is 1. The van der Waals surface area contributed by atoms with Crippen molar-refractivity contribution in [3.05, 3.63) is 34.9 Å². The summed E-state index contributed by atoms with van der Waals surface area (Å²) in [5.74, 6) is 0. The average molecular weight is 184 g/mol. The Kier molecular flexibility index (Phi) is 2.01. The molecule has 1 aromatic carbocycles. The lowest BCUT2D eigenvalue weighted by Crippen LogP contribution is -2.02. The van der Waals surface area contributed by atoms with Gasteiger partial charge in [-0.2, -0.15) is 5.26 Å². The van der Waals surface area contributed by atoms with Crippen LogP contribution in [0.3, 0.4) is 0 Å². The van der Waals surface area contributed by atoms with Crippen molar-refractivity contribution < 1.29 is 0 Å². The van der Waals surface area contributed by atoms with Crippen LogP contribution >= 0.6 is 0 Å². The molecule has 0 atom stereocenters. The maximum absolute atomic E-state index is 8.95. The number of fused-ring (bicyclic) bond motifs is 1. The number of allylic oxidation sites excluding steroid dienone is 2. The Morgan fingerprint density at radius 3 is 2.93 bits per heavy atom. The minimum Gasteiger partial charge on any atom is -0.399 e. The molecule has 1 aliphatic rings. The van der Waals surface area contributed by atoms with Crippen molar-refractivity contribution in [3.8, 4) is 6.07 Å². The fraction of sp³-hybridized carbons (Fsp3) is 0.250. The lowest BCUT2D eigenvalue weighted by Gasteiger charge is -2.15. The van der Waals surface area contributed by atoms with Crippen LogP contribution < -0.4 is 5.73 Å². The highest BCUT2D eigenvalue weighted by atomic mass is 14.6. The number of nitrogens with two attached hydrogens (primary N) is 1. The monoisotopic (exact) mass is 184 g/mol. The Morgan fingerprint density at radius 1 is 1.43 bits per heavy atom. The van der Waals surface area contributed by atoms with Crippen molar-refractivity contribution >= 4 is 11.3 Å². The van der Waals surface area contributed by atoms with Crippen LogP contribution in [-0.2, 0) is 6.42 Å². The summed E-state index contributed by atoms with van der Waals surface area (Å²) in [6.45, 7) is 1.97. The van der Waals surface area contributed by atoms with Crippen molar-refractivity contribution in [3.63, 3.8) is 0 Å². The molecule has 2 heteroatoms. The number of hydrogen-bond acceptors (Lipinski definition) is 2. The van der Waals surface area contributed by atoms with Crippen molar-refractivity contribution in [2.45, 2.75) is 19.8 Å². The fourth-order valence-corrected chi connectivity index (χ4v) is 1.82. The molecule has 1 aromatic rings. The van der Waals surface area contributed by atoms with Gasteiger partial charge in [0.15, 0.2) is 0 Å². The van der Waals surface area contributed by atoms with E-state index in [0.717, 1.165) is 35.2 Å². The summed E-state index contributed by atoms with van der Waals surface area (Å²) in [6, 6.07) is 6.23. The van der Waals surface area contributed by atoms with Gasteiger partial charge in [-0.3, -0.25) is 0 Å².